The number of hydrogen-bond donors (Lipinski definition) is 2. The van der Waals surface area contributed by atoms with Crippen LogP contribution in [-0.2, 0) is 23.1 Å². The third-order valence-corrected chi connectivity index (χ3v) is 6.95. The Balaban J connectivity index is 1.64. The smallest absolute Gasteiger partial charge is 0.293 e. The highest BCUT2D eigenvalue weighted by Crippen LogP contribution is 2.28. The molecule has 0 spiro atoms. The lowest BCUT2D eigenvalue weighted by molar-refractivity contribution is -0.384. The zero-order valence-corrected chi connectivity index (χ0v) is 18.1. The first kappa shape index (κ1) is 22.2. The Morgan fingerprint density at radius 1 is 1.10 bits per heavy atom. The zero-order chi connectivity index (χ0) is 21.7. The Hall–Kier alpha value is -2.49. The number of rotatable bonds is 8. The van der Waals surface area contributed by atoms with E-state index < -0.39 is 14.9 Å². The second kappa shape index (κ2) is 9.55. The predicted octanol–water partition coefficient (Wildman–Crippen LogP) is 3.35. The van der Waals surface area contributed by atoms with Gasteiger partial charge in [0.05, 0.1) is 9.82 Å². The first-order valence-electron chi connectivity index (χ1n) is 10.0. The lowest BCUT2D eigenvalue weighted by Gasteiger charge is -2.30. The van der Waals surface area contributed by atoms with Crippen LogP contribution < -0.4 is 10.0 Å². The summed E-state index contributed by atoms with van der Waals surface area (Å²) >= 11 is 0. The minimum atomic E-state index is -3.74. The molecule has 2 N–H and O–H groups in total. The van der Waals surface area contributed by atoms with Crippen molar-refractivity contribution in [2.45, 2.75) is 37.8 Å². The van der Waals surface area contributed by atoms with E-state index in [1.165, 1.54) is 37.6 Å². The summed E-state index contributed by atoms with van der Waals surface area (Å²) in [7, 11) is -2.48. The van der Waals surface area contributed by atoms with Crippen molar-refractivity contribution in [2.75, 3.05) is 25.5 Å². The highest BCUT2D eigenvalue weighted by Gasteiger charge is 2.20. The normalized spacial score (nSPS) is 15.8. The predicted molar refractivity (Wildman–Crippen MR) is 117 cm³/mol. The van der Waals surface area contributed by atoms with Gasteiger partial charge < -0.3 is 5.32 Å². The molecule has 30 heavy (non-hydrogen) atoms. The number of likely N-dealkylation sites (tertiary alicyclic amines) is 1. The second-order valence-electron chi connectivity index (χ2n) is 7.77. The molecule has 0 radical (unpaired) electrons. The summed E-state index contributed by atoms with van der Waals surface area (Å²) in [5.41, 5.74) is 2.25. The van der Waals surface area contributed by atoms with Crippen LogP contribution in [0.1, 0.15) is 30.9 Å². The number of hydrogen-bond acceptors (Lipinski definition) is 6. The van der Waals surface area contributed by atoms with Crippen molar-refractivity contribution in [3.05, 3.63) is 63.7 Å². The van der Waals surface area contributed by atoms with Crippen molar-refractivity contribution in [2.24, 2.45) is 5.92 Å². The van der Waals surface area contributed by atoms with Gasteiger partial charge in [-0.15, -0.1) is 0 Å². The van der Waals surface area contributed by atoms with Crippen molar-refractivity contribution in [1.82, 2.24) is 9.62 Å². The lowest BCUT2D eigenvalue weighted by atomic mass is 9.99. The topological polar surface area (TPSA) is 105 Å². The summed E-state index contributed by atoms with van der Waals surface area (Å²) in [5, 5.41) is 14.4. The Bertz CT molecular complexity index is 985. The maximum Gasteiger partial charge on any atom is 0.293 e. The molecule has 1 aliphatic rings. The quantitative estimate of drug-likeness (QED) is 0.490. The Morgan fingerprint density at radius 3 is 2.33 bits per heavy atom. The van der Waals surface area contributed by atoms with Crippen molar-refractivity contribution in [3.63, 3.8) is 0 Å². The van der Waals surface area contributed by atoms with Gasteiger partial charge in [0.2, 0.25) is 10.0 Å². The molecule has 1 fully saturated rings. The standard InChI is InChI=1S/C21H28N4O4S/c1-16-9-11-24(12-10-16)15-18-5-3-17(4-6-18)14-23-20-8-7-19(30(28,29)22-2)13-21(20)25(26)27/h3-8,13,16,22-23H,9-12,14-15H2,1-2H3. The largest absolute Gasteiger partial charge is 0.375 e. The molecule has 0 atom stereocenters. The summed E-state index contributed by atoms with van der Waals surface area (Å²) in [4.78, 5) is 13.1. The van der Waals surface area contributed by atoms with Gasteiger partial charge in [0.15, 0.2) is 0 Å². The van der Waals surface area contributed by atoms with Crippen LogP contribution in [-0.4, -0.2) is 38.4 Å². The van der Waals surface area contributed by atoms with Crippen molar-refractivity contribution in [3.8, 4) is 0 Å². The van der Waals surface area contributed by atoms with E-state index in [1.54, 1.807) is 0 Å². The van der Waals surface area contributed by atoms with Crippen LogP contribution in [0.15, 0.2) is 47.4 Å². The molecular weight excluding hydrogens is 404 g/mol. The molecule has 1 heterocycles. The molecule has 0 saturated carbocycles. The number of nitro groups is 1. The molecule has 2 aromatic rings. The number of nitro benzene ring substituents is 1. The number of piperidine rings is 1. The summed E-state index contributed by atoms with van der Waals surface area (Å²) in [6.07, 6.45) is 2.49. The third-order valence-electron chi connectivity index (χ3n) is 5.53. The van der Waals surface area contributed by atoms with Gasteiger partial charge in [0, 0.05) is 19.2 Å². The number of nitrogens with zero attached hydrogens (tertiary/aromatic N) is 2. The number of sulfonamides is 1. The average molecular weight is 433 g/mol. The number of nitrogens with one attached hydrogen (secondary N) is 2. The van der Waals surface area contributed by atoms with Crippen LogP contribution >= 0.6 is 0 Å². The van der Waals surface area contributed by atoms with Crippen molar-refractivity contribution >= 4 is 21.4 Å². The van der Waals surface area contributed by atoms with E-state index in [9.17, 15) is 18.5 Å². The zero-order valence-electron chi connectivity index (χ0n) is 17.3. The highest BCUT2D eigenvalue weighted by molar-refractivity contribution is 7.89. The van der Waals surface area contributed by atoms with Gasteiger partial charge in [-0.1, -0.05) is 31.2 Å². The molecule has 3 rings (SSSR count). The first-order chi connectivity index (χ1) is 14.3. The van der Waals surface area contributed by atoms with Crippen molar-refractivity contribution < 1.29 is 13.3 Å². The minimum Gasteiger partial charge on any atom is -0.375 e. The maximum absolute atomic E-state index is 11.9. The van der Waals surface area contributed by atoms with Gasteiger partial charge >= 0.3 is 0 Å². The van der Waals surface area contributed by atoms with E-state index in [0.29, 0.717) is 6.54 Å². The fourth-order valence-electron chi connectivity index (χ4n) is 3.54. The monoisotopic (exact) mass is 432 g/mol. The Kier molecular flexibility index (Phi) is 7.06. The van der Waals surface area contributed by atoms with Crippen LogP contribution in [0.2, 0.25) is 0 Å². The molecule has 2 aromatic carbocycles. The summed E-state index contributed by atoms with van der Waals surface area (Å²) in [5.74, 6) is 0.811. The van der Waals surface area contributed by atoms with Crippen LogP contribution in [0, 0.1) is 16.0 Å². The molecule has 8 nitrogen and oxygen atoms in total. The first-order valence-corrected chi connectivity index (χ1v) is 11.5. The van der Waals surface area contributed by atoms with Crippen LogP contribution in [0.25, 0.3) is 0 Å². The summed E-state index contributed by atoms with van der Waals surface area (Å²) in [6.45, 7) is 5.91. The van der Waals surface area contributed by atoms with Crippen LogP contribution in [0.4, 0.5) is 11.4 Å². The minimum absolute atomic E-state index is 0.140. The molecule has 1 saturated heterocycles. The van der Waals surface area contributed by atoms with Crippen LogP contribution in [0.5, 0.6) is 0 Å². The third kappa shape index (κ3) is 5.56. The fourth-order valence-corrected chi connectivity index (χ4v) is 4.28. The molecule has 9 heteroatoms. The lowest BCUT2D eigenvalue weighted by Crippen LogP contribution is -2.32. The molecule has 0 unspecified atom stereocenters. The van der Waals surface area contributed by atoms with Gasteiger partial charge in [-0.25, -0.2) is 13.1 Å². The van der Waals surface area contributed by atoms with Crippen molar-refractivity contribution in [1.29, 1.82) is 0 Å². The van der Waals surface area contributed by atoms with E-state index in [4.69, 9.17) is 0 Å². The highest BCUT2D eigenvalue weighted by atomic mass is 32.2. The SMILES string of the molecule is CNS(=O)(=O)c1ccc(NCc2ccc(CN3CCC(C)CC3)cc2)c([N+](=O)[O-])c1. The van der Waals surface area contributed by atoms with Gasteiger partial charge in [0.1, 0.15) is 5.69 Å². The van der Waals surface area contributed by atoms with Gasteiger partial charge in [-0.3, -0.25) is 15.0 Å². The second-order valence-corrected chi connectivity index (χ2v) is 9.66. The fraction of sp³-hybridized carbons (Fsp3) is 0.429. The summed E-state index contributed by atoms with van der Waals surface area (Å²) < 4.78 is 26.0. The van der Waals surface area contributed by atoms with E-state index in [1.807, 2.05) is 12.1 Å². The number of anilines is 1. The molecule has 0 amide bonds. The Morgan fingerprint density at radius 2 is 1.73 bits per heavy atom. The van der Waals surface area contributed by atoms with E-state index >= 15 is 0 Å². The molecule has 162 valence electrons. The average Bonchev–Trinajstić information content (AvgIpc) is 2.74. The molecule has 0 aliphatic carbocycles. The molecule has 0 bridgehead atoms. The van der Waals surface area contributed by atoms with Gasteiger partial charge in [0.25, 0.3) is 5.69 Å². The van der Waals surface area contributed by atoms with E-state index in [2.05, 4.69) is 34.0 Å². The molecule has 1 aliphatic heterocycles. The maximum atomic E-state index is 11.9. The summed E-state index contributed by atoms with van der Waals surface area (Å²) in [6, 6.07) is 12.0. The Labute approximate surface area is 177 Å². The van der Waals surface area contributed by atoms with Crippen LogP contribution in [0.3, 0.4) is 0 Å². The van der Waals surface area contributed by atoms with Gasteiger partial charge in [-0.2, -0.15) is 0 Å². The van der Waals surface area contributed by atoms with Gasteiger partial charge in [-0.05, 0) is 62.2 Å². The van der Waals surface area contributed by atoms with E-state index in [-0.39, 0.29) is 16.3 Å². The van der Waals surface area contributed by atoms with E-state index in [0.717, 1.165) is 37.2 Å². The number of benzene rings is 2. The molecule has 0 aromatic heterocycles. The molecular formula is C21H28N4O4S.